The quantitative estimate of drug-likeness (QED) is 0.836. The van der Waals surface area contributed by atoms with Crippen LogP contribution in [0, 0.1) is 0 Å². The summed E-state index contributed by atoms with van der Waals surface area (Å²) < 4.78 is 26.9. The lowest BCUT2D eigenvalue weighted by molar-refractivity contribution is -0.127. The van der Waals surface area contributed by atoms with Crippen LogP contribution in [0.4, 0.5) is 0 Å². The highest BCUT2D eigenvalue weighted by atomic mass is 35.5. The van der Waals surface area contributed by atoms with Gasteiger partial charge in [-0.25, -0.2) is 8.42 Å². The average molecular weight is 318 g/mol. The molecule has 0 aliphatic carbocycles. The molecular weight excluding hydrogens is 302 g/mol. The minimum atomic E-state index is -3.83. The molecule has 1 aliphatic rings. The summed E-state index contributed by atoms with van der Waals surface area (Å²) in [5, 5.41) is 0.0965. The first-order valence-electron chi connectivity index (χ1n) is 6.11. The van der Waals surface area contributed by atoms with Gasteiger partial charge in [-0.05, 0) is 24.1 Å². The minimum Gasteiger partial charge on any atom is -0.344 e. The van der Waals surface area contributed by atoms with E-state index >= 15 is 0 Å². The molecule has 1 aromatic carbocycles. The van der Waals surface area contributed by atoms with Gasteiger partial charge in [0.25, 0.3) is 0 Å². The topological polar surface area (TPSA) is 92.5 Å². The molecule has 2 rings (SSSR count). The van der Waals surface area contributed by atoms with Crippen molar-refractivity contribution in [3.63, 3.8) is 0 Å². The largest absolute Gasteiger partial charge is 0.344 e. The van der Waals surface area contributed by atoms with Crippen LogP contribution in [0.15, 0.2) is 23.1 Å². The van der Waals surface area contributed by atoms with Crippen LogP contribution in [0.25, 0.3) is 0 Å². The number of nitrogens with two attached hydrogens (primary N) is 1. The van der Waals surface area contributed by atoms with Gasteiger partial charge in [0.05, 0.1) is 5.02 Å². The van der Waals surface area contributed by atoms with E-state index in [2.05, 4.69) is 4.72 Å². The maximum absolute atomic E-state index is 12.3. The second-order valence-electron chi connectivity index (χ2n) is 4.69. The monoisotopic (exact) mass is 317 g/mol. The number of likely N-dealkylation sites (tertiary alicyclic amines) is 1. The maximum atomic E-state index is 12.3. The molecule has 1 amide bonds. The van der Waals surface area contributed by atoms with E-state index in [1.54, 1.807) is 13.1 Å². The van der Waals surface area contributed by atoms with Gasteiger partial charge in [0.15, 0.2) is 0 Å². The van der Waals surface area contributed by atoms with Crippen molar-refractivity contribution in [1.82, 2.24) is 9.62 Å². The van der Waals surface area contributed by atoms with Crippen LogP contribution in [-0.2, 0) is 21.4 Å². The van der Waals surface area contributed by atoms with E-state index in [-0.39, 0.29) is 22.4 Å². The summed E-state index contributed by atoms with van der Waals surface area (Å²) in [5.41, 5.74) is 6.21. The third kappa shape index (κ3) is 2.95. The number of nitrogens with one attached hydrogen (secondary N) is 1. The predicted octanol–water partition coefficient (Wildman–Crippen LogP) is 0.308. The Labute approximate surface area is 122 Å². The Morgan fingerprint density at radius 1 is 1.50 bits per heavy atom. The molecule has 1 heterocycles. The number of sulfonamides is 1. The van der Waals surface area contributed by atoms with Crippen LogP contribution in [0.1, 0.15) is 12.0 Å². The van der Waals surface area contributed by atoms with Crippen molar-refractivity contribution in [3.8, 4) is 0 Å². The van der Waals surface area contributed by atoms with E-state index in [0.717, 1.165) is 5.56 Å². The zero-order valence-corrected chi connectivity index (χ0v) is 12.5. The summed E-state index contributed by atoms with van der Waals surface area (Å²) in [6.45, 7) is 0.811. The third-order valence-electron chi connectivity index (χ3n) is 3.25. The Bertz CT molecular complexity index is 633. The molecule has 6 nitrogen and oxygen atoms in total. The highest BCUT2D eigenvalue weighted by Crippen LogP contribution is 2.23. The zero-order valence-electron chi connectivity index (χ0n) is 11.0. The van der Waals surface area contributed by atoms with Gasteiger partial charge < -0.3 is 10.6 Å². The summed E-state index contributed by atoms with van der Waals surface area (Å²) in [4.78, 5) is 13.2. The molecule has 1 unspecified atom stereocenters. The van der Waals surface area contributed by atoms with E-state index in [9.17, 15) is 13.2 Å². The molecule has 1 fully saturated rings. The van der Waals surface area contributed by atoms with E-state index < -0.39 is 16.1 Å². The van der Waals surface area contributed by atoms with Crippen molar-refractivity contribution < 1.29 is 13.2 Å². The highest BCUT2D eigenvalue weighted by molar-refractivity contribution is 7.89. The Balaban J connectivity index is 2.25. The lowest BCUT2D eigenvalue weighted by Crippen LogP contribution is -2.40. The van der Waals surface area contributed by atoms with Crippen molar-refractivity contribution in [3.05, 3.63) is 28.8 Å². The number of halogens is 1. The fourth-order valence-corrected chi connectivity index (χ4v) is 3.86. The molecule has 1 aliphatic heterocycles. The van der Waals surface area contributed by atoms with E-state index in [0.29, 0.717) is 13.0 Å². The first-order chi connectivity index (χ1) is 9.35. The van der Waals surface area contributed by atoms with Gasteiger partial charge in [-0.3, -0.25) is 4.79 Å². The number of carbonyl (C=O) groups is 1. The number of likely N-dealkylation sites (N-methyl/N-ethyl adjacent to an activating group) is 1. The fraction of sp³-hybridized carbons (Fsp3) is 0.417. The Morgan fingerprint density at radius 3 is 2.70 bits per heavy atom. The molecule has 110 valence electrons. The van der Waals surface area contributed by atoms with Gasteiger partial charge >= 0.3 is 0 Å². The summed E-state index contributed by atoms with van der Waals surface area (Å²) in [6.07, 6.45) is 0.451. The van der Waals surface area contributed by atoms with Crippen molar-refractivity contribution in [2.75, 3.05) is 13.6 Å². The molecule has 0 saturated carbocycles. The summed E-state index contributed by atoms with van der Waals surface area (Å²) in [5.74, 6) is -0.233. The molecule has 1 atom stereocenters. The van der Waals surface area contributed by atoms with Crippen LogP contribution >= 0.6 is 11.6 Å². The number of benzene rings is 1. The maximum Gasteiger partial charge on any atom is 0.242 e. The minimum absolute atomic E-state index is 0.0429. The van der Waals surface area contributed by atoms with Crippen molar-refractivity contribution >= 4 is 27.5 Å². The molecule has 0 radical (unpaired) electrons. The second kappa shape index (κ2) is 5.69. The lowest BCUT2D eigenvalue weighted by atomic mass is 10.2. The fourth-order valence-electron chi connectivity index (χ4n) is 2.07. The first-order valence-corrected chi connectivity index (χ1v) is 7.97. The van der Waals surface area contributed by atoms with Crippen molar-refractivity contribution in [2.24, 2.45) is 5.73 Å². The summed E-state index contributed by atoms with van der Waals surface area (Å²) in [7, 11) is -2.19. The van der Waals surface area contributed by atoms with Gasteiger partial charge in [-0.1, -0.05) is 17.7 Å². The molecule has 0 aromatic heterocycles. The SMILES string of the molecule is CN1CCC(NS(=O)(=O)c2ccc(CN)cc2Cl)C1=O. The van der Waals surface area contributed by atoms with E-state index in [4.69, 9.17) is 17.3 Å². The number of rotatable bonds is 4. The molecule has 3 N–H and O–H groups in total. The van der Waals surface area contributed by atoms with Crippen LogP contribution in [0.2, 0.25) is 5.02 Å². The predicted molar refractivity (Wildman–Crippen MR) is 75.7 cm³/mol. The third-order valence-corrected chi connectivity index (χ3v) is 5.20. The molecule has 8 heteroatoms. The lowest BCUT2D eigenvalue weighted by Gasteiger charge is -2.14. The number of hydrogen-bond acceptors (Lipinski definition) is 4. The Hall–Kier alpha value is -1.15. The van der Waals surface area contributed by atoms with Crippen LogP contribution < -0.4 is 10.5 Å². The molecule has 1 saturated heterocycles. The molecule has 0 spiro atoms. The average Bonchev–Trinajstić information content (AvgIpc) is 2.69. The van der Waals surface area contributed by atoms with Crippen molar-refractivity contribution in [2.45, 2.75) is 23.9 Å². The smallest absolute Gasteiger partial charge is 0.242 e. The number of carbonyl (C=O) groups excluding carboxylic acids is 1. The Kier molecular flexibility index (Phi) is 4.33. The van der Waals surface area contributed by atoms with E-state index in [1.165, 1.54) is 17.0 Å². The van der Waals surface area contributed by atoms with Gasteiger partial charge in [0.1, 0.15) is 10.9 Å². The van der Waals surface area contributed by atoms with Crippen LogP contribution in [0.5, 0.6) is 0 Å². The summed E-state index contributed by atoms with van der Waals surface area (Å²) in [6, 6.07) is 3.79. The normalized spacial score (nSPS) is 19.6. The molecule has 20 heavy (non-hydrogen) atoms. The molecule has 1 aromatic rings. The number of nitrogens with zero attached hydrogens (tertiary/aromatic N) is 1. The first kappa shape index (κ1) is 15.2. The van der Waals surface area contributed by atoms with Gasteiger partial charge in [-0.2, -0.15) is 4.72 Å². The number of hydrogen-bond donors (Lipinski definition) is 2. The van der Waals surface area contributed by atoms with Crippen LogP contribution in [-0.4, -0.2) is 38.9 Å². The van der Waals surface area contributed by atoms with Gasteiger partial charge in [-0.15, -0.1) is 0 Å². The standard InChI is InChI=1S/C12H16ClN3O3S/c1-16-5-4-10(12(16)17)15-20(18,19)11-3-2-8(7-14)6-9(11)13/h2-3,6,10,15H,4-5,7,14H2,1H3. The van der Waals surface area contributed by atoms with Gasteiger partial charge in [0.2, 0.25) is 15.9 Å². The van der Waals surface area contributed by atoms with E-state index in [1.807, 2.05) is 0 Å². The molecule has 0 bridgehead atoms. The van der Waals surface area contributed by atoms with Crippen molar-refractivity contribution in [1.29, 1.82) is 0 Å². The number of amides is 1. The Morgan fingerprint density at radius 2 is 2.20 bits per heavy atom. The van der Waals surface area contributed by atoms with Crippen LogP contribution in [0.3, 0.4) is 0 Å². The van der Waals surface area contributed by atoms with Gasteiger partial charge in [0, 0.05) is 20.1 Å². The second-order valence-corrected chi connectivity index (χ2v) is 6.78. The zero-order chi connectivity index (χ0) is 14.9. The highest BCUT2D eigenvalue weighted by Gasteiger charge is 2.33. The summed E-state index contributed by atoms with van der Waals surface area (Å²) >= 11 is 5.97. The molecular formula is C12H16ClN3O3S.